The van der Waals surface area contributed by atoms with Crippen molar-refractivity contribution in [3.63, 3.8) is 0 Å². The maximum Gasteiger partial charge on any atom is 0.0683 e. The molecule has 0 aliphatic heterocycles. The van der Waals surface area contributed by atoms with E-state index in [0.717, 1.165) is 20.1 Å². The van der Waals surface area contributed by atoms with Gasteiger partial charge in [-0.05, 0) is 28.1 Å². The van der Waals surface area contributed by atoms with Crippen molar-refractivity contribution in [1.82, 2.24) is 0 Å². The first-order chi connectivity index (χ1) is 5.75. The average Bonchev–Trinajstić information content (AvgIpc) is 2.08. The Hall–Kier alpha value is 0.0800. The van der Waals surface area contributed by atoms with Gasteiger partial charge >= 0.3 is 0 Å². The van der Waals surface area contributed by atoms with Gasteiger partial charge in [-0.15, -0.1) is 18.3 Å². The zero-order valence-electron chi connectivity index (χ0n) is 6.39. The molecule has 0 nitrogen and oxygen atoms in total. The molecule has 0 N–H and O–H groups in total. The van der Waals surface area contributed by atoms with Crippen LogP contribution in [0, 0.1) is 0 Å². The van der Waals surface area contributed by atoms with E-state index in [-0.39, 0.29) is 0 Å². The van der Waals surface area contributed by atoms with Gasteiger partial charge in [0, 0.05) is 15.1 Å². The van der Waals surface area contributed by atoms with Gasteiger partial charge < -0.3 is 0 Å². The van der Waals surface area contributed by atoms with Crippen molar-refractivity contribution in [3.05, 3.63) is 40.3 Å². The monoisotopic (exact) mass is 262 g/mol. The molecule has 0 atom stereocenters. The maximum absolute atomic E-state index is 6.03. The summed E-state index contributed by atoms with van der Waals surface area (Å²) in [5.41, 5.74) is 0. The van der Waals surface area contributed by atoms with Crippen LogP contribution < -0.4 is 0 Å². The van der Waals surface area contributed by atoms with Gasteiger partial charge in [-0.2, -0.15) is 0 Å². The summed E-state index contributed by atoms with van der Waals surface area (Å²) < 4.78 is 0.943. The van der Waals surface area contributed by atoms with Crippen LogP contribution >= 0.6 is 39.3 Å². The minimum atomic E-state index is 0.782. The third kappa shape index (κ3) is 2.54. The summed E-state index contributed by atoms with van der Waals surface area (Å²) in [6, 6.07) is 5.91. The molecule has 1 rings (SSSR count). The van der Waals surface area contributed by atoms with E-state index in [2.05, 4.69) is 22.5 Å². The fourth-order valence-corrected chi connectivity index (χ4v) is 2.24. The lowest BCUT2D eigenvalue weighted by Crippen LogP contribution is -1.76. The zero-order chi connectivity index (χ0) is 8.97. The molecule has 0 aliphatic rings. The summed E-state index contributed by atoms with van der Waals surface area (Å²) in [5, 5.41) is 0.782. The fourth-order valence-electron chi connectivity index (χ4n) is 0.744. The number of hydrogen-bond acceptors (Lipinski definition) is 1. The quantitative estimate of drug-likeness (QED) is 0.576. The standard InChI is InChI=1S/C9H8BrClS/c1-2-6-12-8-5-3-4-7(10)9(8)11/h2-5H,1,6H2. The van der Waals surface area contributed by atoms with Crippen molar-refractivity contribution < 1.29 is 0 Å². The molecule has 0 bridgehead atoms. The molecule has 3 heteroatoms. The van der Waals surface area contributed by atoms with Crippen molar-refractivity contribution in [2.45, 2.75) is 4.90 Å². The lowest BCUT2D eigenvalue weighted by atomic mass is 10.4. The number of rotatable bonds is 3. The molecule has 0 aromatic heterocycles. The smallest absolute Gasteiger partial charge is 0.0683 e. The summed E-state index contributed by atoms with van der Waals surface area (Å²) >= 11 is 11.1. The summed E-state index contributed by atoms with van der Waals surface area (Å²) in [6.45, 7) is 3.65. The molecule has 1 aromatic rings. The second-order valence-electron chi connectivity index (χ2n) is 2.15. The summed E-state index contributed by atoms with van der Waals surface area (Å²) in [7, 11) is 0. The highest BCUT2D eigenvalue weighted by Gasteiger charge is 2.02. The molecular formula is C9H8BrClS. The van der Waals surface area contributed by atoms with Gasteiger partial charge in [-0.1, -0.05) is 23.7 Å². The summed E-state index contributed by atoms with van der Waals surface area (Å²) in [6.07, 6.45) is 1.86. The first-order valence-corrected chi connectivity index (χ1v) is 5.59. The van der Waals surface area contributed by atoms with Crippen LogP contribution in [0.1, 0.15) is 0 Å². The first-order valence-electron chi connectivity index (χ1n) is 3.43. The Morgan fingerprint density at radius 2 is 2.33 bits per heavy atom. The highest BCUT2D eigenvalue weighted by atomic mass is 79.9. The molecule has 0 unspecified atom stereocenters. The molecule has 0 amide bonds. The molecule has 0 saturated carbocycles. The molecule has 0 heterocycles. The second-order valence-corrected chi connectivity index (χ2v) is 4.45. The Bertz CT molecular complexity index is 286. The van der Waals surface area contributed by atoms with E-state index in [0.29, 0.717) is 0 Å². The largest absolute Gasteiger partial charge is 0.120 e. The van der Waals surface area contributed by atoms with Crippen LogP contribution in [0.5, 0.6) is 0 Å². The lowest BCUT2D eigenvalue weighted by Gasteiger charge is -2.02. The van der Waals surface area contributed by atoms with Crippen LogP contribution in [-0.4, -0.2) is 5.75 Å². The van der Waals surface area contributed by atoms with Gasteiger partial charge in [0.25, 0.3) is 0 Å². The third-order valence-corrected chi connectivity index (χ3v) is 3.73. The van der Waals surface area contributed by atoms with E-state index < -0.39 is 0 Å². The van der Waals surface area contributed by atoms with Crippen molar-refractivity contribution >= 4 is 39.3 Å². The van der Waals surface area contributed by atoms with Crippen LogP contribution in [0.3, 0.4) is 0 Å². The summed E-state index contributed by atoms with van der Waals surface area (Å²) in [5.74, 6) is 0.885. The van der Waals surface area contributed by atoms with E-state index in [1.807, 2.05) is 24.3 Å². The molecule has 0 aliphatic carbocycles. The van der Waals surface area contributed by atoms with E-state index in [1.165, 1.54) is 0 Å². The SMILES string of the molecule is C=CCSc1cccc(Br)c1Cl. The zero-order valence-corrected chi connectivity index (χ0v) is 9.55. The molecule has 1 aromatic carbocycles. The number of hydrogen-bond donors (Lipinski definition) is 0. The highest BCUT2D eigenvalue weighted by Crippen LogP contribution is 2.32. The van der Waals surface area contributed by atoms with Crippen LogP contribution in [0.4, 0.5) is 0 Å². The van der Waals surface area contributed by atoms with Crippen molar-refractivity contribution in [1.29, 1.82) is 0 Å². The Kier molecular flexibility index (Phi) is 4.19. The van der Waals surface area contributed by atoms with Gasteiger partial charge in [-0.3, -0.25) is 0 Å². The molecule has 0 radical (unpaired) electrons. The molecule has 12 heavy (non-hydrogen) atoms. The van der Waals surface area contributed by atoms with E-state index in [9.17, 15) is 0 Å². The third-order valence-electron chi connectivity index (χ3n) is 1.27. The topological polar surface area (TPSA) is 0 Å². The van der Waals surface area contributed by atoms with E-state index in [4.69, 9.17) is 11.6 Å². The lowest BCUT2D eigenvalue weighted by molar-refractivity contribution is 1.43. The molecule has 0 fully saturated rings. The Morgan fingerprint density at radius 1 is 1.58 bits per heavy atom. The van der Waals surface area contributed by atoms with Gasteiger partial charge in [0.15, 0.2) is 0 Å². The minimum absolute atomic E-state index is 0.782. The predicted molar refractivity (Wildman–Crippen MR) is 60.1 cm³/mol. The molecule has 0 saturated heterocycles. The normalized spacial score (nSPS) is 9.83. The van der Waals surface area contributed by atoms with Crippen molar-refractivity contribution in [3.8, 4) is 0 Å². The molecule has 0 spiro atoms. The Labute approximate surface area is 90.1 Å². The second kappa shape index (κ2) is 4.95. The van der Waals surface area contributed by atoms with Crippen LogP contribution in [0.25, 0.3) is 0 Å². The maximum atomic E-state index is 6.03. The Morgan fingerprint density at radius 3 is 3.00 bits per heavy atom. The van der Waals surface area contributed by atoms with Gasteiger partial charge in [0.2, 0.25) is 0 Å². The van der Waals surface area contributed by atoms with Crippen LogP contribution in [0.15, 0.2) is 40.2 Å². The van der Waals surface area contributed by atoms with Gasteiger partial charge in [0.05, 0.1) is 5.02 Å². The van der Waals surface area contributed by atoms with E-state index >= 15 is 0 Å². The van der Waals surface area contributed by atoms with Crippen molar-refractivity contribution in [2.24, 2.45) is 0 Å². The number of halogens is 2. The highest BCUT2D eigenvalue weighted by molar-refractivity contribution is 9.10. The number of thioether (sulfide) groups is 1. The molecule has 64 valence electrons. The Balaban J connectivity index is 2.84. The molecular weight excluding hydrogens is 256 g/mol. The minimum Gasteiger partial charge on any atom is -0.120 e. The van der Waals surface area contributed by atoms with Crippen LogP contribution in [-0.2, 0) is 0 Å². The summed E-state index contributed by atoms with van der Waals surface area (Å²) in [4.78, 5) is 1.09. The van der Waals surface area contributed by atoms with Crippen LogP contribution in [0.2, 0.25) is 5.02 Å². The first kappa shape index (κ1) is 10.2. The van der Waals surface area contributed by atoms with Crippen molar-refractivity contribution in [2.75, 3.05) is 5.75 Å². The van der Waals surface area contributed by atoms with Gasteiger partial charge in [0.1, 0.15) is 0 Å². The van der Waals surface area contributed by atoms with E-state index in [1.54, 1.807) is 11.8 Å². The number of benzene rings is 1. The fraction of sp³-hybridized carbons (Fsp3) is 0.111. The average molecular weight is 264 g/mol. The van der Waals surface area contributed by atoms with Gasteiger partial charge in [-0.25, -0.2) is 0 Å². The predicted octanol–water partition coefficient (Wildman–Crippen LogP) is 4.38.